The van der Waals surface area contributed by atoms with Crippen LogP contribution in [0.4, 0.5) is 0 Å². The summed E-state index contributed by atoms with van der Waals surface area (Å²) in [6.45, 7) is 6.45. The molecule has 1 aliphatic heterocycles. The molecule has 3 rings (SSSR count). The number of morpholine rings is 1. The monoisotopic (exact) mass is 260 g/mol. The number of hydrogen-bond donors (Lipinski definition) is 1. The Kier molecular flexibility index (Phi) is 3.61. The van der Waals surface area contributed by atoms with Crippen LogP contribution in [0.3, 0.4) is 0 Å². The fourth-order valence-corrected chi connectivity index (χ4v) is 3.75. The second-order valence-electron chi connectivity index (χ2n) is 5.95. The molecule has 0 saturated carbocycles. The molecule has 0 spiro atoms. The van der Waals surface area contributed by atoms with Crippen LogP contribution < -0.4 is 5.32 Å². The van der Waals surface area contributed by atoms with Gasteiger partial charge in [-0.1, -0.05) is 24.3 Å². The van der Waals surface area contributed by atoms with Gasteiger partial charge in [-0.15, -0.1) is 0 Å². The first kappa shape index (κ1) is 13.1. The van der Waals surface area contributed by atoms with Crippen LogP contribution in [-0.4, -0.2) is 43.3 Å². The molecule has 1 aromatic carbocycles. The van der Waals surface area contributed by atoms with Crippen LogP contribution in [0.5, 0.6) is 0 Å². The summed E-state index contributed by atoms with van der Waals surface area (Å²) >= 11 is 0. The first-order chi connectivity index (χ1) is 9.19. The zero-order valence-corrected chi connectivity index (χ0v) is 12.1. The van der Waals surface area contributed by atoms with Gasteiger partial charge in [-0.3, -0.25) is 4.90 Å². The number of ether oxygens (including phenoxy) is 1. The third-order valence-corrected chi connectivity index (χ3v) is 4.43. The van der Waals surface area contributed by atoms with E-state index in [2.05, 4.69) is 55.4 Å². The summed E-state index contributed by atoms with van der Waals surface area (Å²) in [6.07, 6.45) is 1.83. The van der Waals surface area contributed by atoms with Crippen LogP contribution in [0.1, 0.15) is 31.0 Å². The van der Waals surface area contributed by atoms with Gasteiger partial charge in [0.15, 0.2) is 0 Å². The van der Waals surface area contributed by atoms with E-state index in [-0.39, 0.29) is 0 Å². The molecule has 0 radical (unpaired) electrons. The molecule has 2 aliphatic rings. The molecule has 4 atom stereocenters. The molecule has 19 heavy (non-hydrogen) atoms. The van der Waals surface area contributed by atoms with Gasteiger partial charge in [0.1, 0.15) is 0 Å². The summed E-state index contributed by atoms with van der Waals surface area (Å²) < 4.78 is 5.86. The third kappa shape index (κ3) is 2.42. The number of likely N-dealkylation sites (N-methyl/N-ethyl adjacent to an activating group) is 1. The quantitative estimate of drug-likeness (QED) is 0.880. The van der Waals surface area contributed by atoms with Crippen molar-refractivity contribution in [3.63, 3.8) is 0 Å². The molecule has 1 N–H and O–H groups in total. The zero-order chi connectivity index (χ0) is 13.4. The Morgan fingerprint density at radius 2 is 1.84 bits per heavy atom. The molecule has 1 aliphatic carbocycles. The van der Waals surface area contributed by atoms with E-state index in [9.17, 15) is 0 Å². The van der Waals surface area contributed by atoms with Gasteiger partial charge >= 0.3 is 0 Å². The lowest BCUT2D eigenvalue weighted by molar-refractivity contribution is -0.0828. The highest BCUT2D eigenvalue weighted by atomic mass is 16.5. The minimum atomic E-state index is 0.338. The number of benzene rings is 1. The number of nitrogens with zero attached hydrogens (tertiary/aromatic N) is 1. The van der Waals surface area contributed by atoms with E-state index in [0.717, 1.165) is 19.5 Å². The minimum absolute atomic E-state index is 0.338. The molecule has 3 heteroatoms. The van der Waals surface area contributed by atoms with E-state index in [1.54, 1.807) is 0 Å². The predicted octanol–water partition coefficient (Wildman–Crippen LogP) is 1.98. The van der Waals surface area contributed by atoms with Crippen molar-refractivity contribution in [3.8, 4) is 0 Å². The molecule has 0 bridgehead atoms. The SMILES string of the molecule is CNC1c2ccccc2CC1N1CC(C)OC(C)C1. The van der Waals surface area contributed by atoms with Gasteiger partial charge in [-0.25, -0.2) is 0 Å². The second-order valence-corrected chi connectivity index (χ2v) is 5.95. The molecular formula is C16H24N2O. The van der Waals surface area contributed by atoms with Crippen molar-refractivity contribution in [2.24, 2.45) is 0 Å². The Bertz CT molecular complexity index is 438. The number of fused-ring (bicyclic) bond motifs is 1. The molecule has 104 valence electrons. The zero-order valence-electron chi connectivity index (χ0n) is 12.1. The summed E-state index contributed by atoms with van der Waals surface area (Å²) in [4.78, 5) is 2.61. The summed E-state index contributed by atoms with van der Waals surface area (Å²) in [7, 11) is 2.08. The van der Waals surface area contributed by atoms with Gasteiger partial charge < -0.3 is 10.1 Å². The van der Waals surface area contributed by atoms with Crippen molar-refractivity contribution >= 4 is 0 Å². The lowest BCUT2D eigenvalue weighted by Crippen LogP contribution is -2.52. The summed E-state index contributed by atoms with van der Waals surface area (Å²) in [5.41, 5.74) is 2.97. The Labute approximate surface area is 115 Å². The second kappa shape index (κ2) is 5.23. The molecular weight excluding hydrogens is 236 g/mol. The van der Waals surface area contributed by atoms with Gasteiger partial charge in [0, 0.05) is 25.2 Å². The van der Waals surface area contributed by atoms with Crippen molar-refractivity contribution in [2.45, 2.75) is 44.6 Å². The first-order valence-corrected chi connectivity index (χ1v) is 7.33. The molecule has 4 unspecified atom stereocenters. The van der Waals surface area contributed by atoms with E-state index in [1.165, 1.54) is 11.1 Å². The highest BCUT2D eigenvalue weighted by molar-refractivity contribution is 5.37. The van der Waals surface area contributed by atoms with Crippen molar-refractivity contribution in [2.75, 3.05) is 20.1 Å². The van der Waals surface area contributed by atoms with E-state index in [4.69, 9.17) is 4.74 Å². The third-order valence-electron chi connectivity index (χ3n) is 4.43. The van der Waals surface area contributed by atoms with Crippen LogP contribution in [0.15, 0.2) is 24.3 Å². The first-order valence-electron chi connectivity index (χ1n) is 7.33. The maximum atomic E-state index is 5.86. The van der Waals surface area contributed by atoms with E-state index in [1.807, 2.05) is 0 Å². The average Bonchev–Trinajstić information content (AvgIpc) is 2.76. The Morgan fingerprint density at radius 3 is 2.53 bits per heavy atom. The lowest BCUT2D eigenvalue weighted by atomic mass is 10.0. The van der Waals surface area contributed by atoms with Gasteiger partial charge in [0.25, 0.3) is 0 Å². The van der Waals surface area contributed by atoms with Crippen LogP contribution in [0.25, 0.3) is 0 Å². The van der Waals surface area contributed by atoms with Crippen LogP contribution >= 0.6 is 0 Å². The Hall–Kier alpha value is -0.900. The van der Waals surface area contributed by atoms with Gasteiger partial charge in [0.05, 0.1) is 12.2 Å². The predicted molar refractivity (Wildman–Crippen MR) is 77.3 cm³/mol. The normalized spacial score (nSPS) is 35.3. The summed E-state index contributed by atoms with van der Waals surface area (Å²) in [5, 5.41) is 3.51. The smallest absolute Gasteiger partial charge is 0.0678 e. The largest absolute Gasteiger partial charge is 0.373 e. The minimum Gasteiger partial charge on any atom is -0.373 e. The Morgan fingerprint density at radius 1 is 1.16 bits per heavy atom. The molecule has 1 fully saturated rings. The van der Waals surface area contributed by atoms with Crippen molar-refractivity contribution in [1.82, 2.24) is 10.2 Å². The average molecular weight is 260 g/mol. The molecule has 1 aromatic rings. The number of hydrogen-bond acceptors (Lipinski definition) is 3. The molecule has 1 saturated heterocycles. The lowest BCUT2D eigenvalue weighted by Gasteiger charge is -2.41. The summed E-state index contributed by atoms with van der Waals surface area (Å²) in [5.74, 6) is 0. The molecule has 3 nitrogen and oxygen atoms in total. The van der Waals surface area contributed by atoms with Crippen molar-refractivity contribution < 1.29 is 4.74 Å². The fraction of sp³-hybridized carbons (Fsp3) is 0.625. The molecule has 0 amide bonds. The van der Waals surface area contributed by atoms with E-state index < -0.39 is 0 Å². The highest BCUT2D eigenvalue weighted by Gasteiger charge is 2.37. The molecule has 0 aromatic heterocycles. The van der Waals surface area contributed by atoms with Crippen LogP contribution in [0.2, 0.25) is 0 Å². The van der Waals surface area contributed by atoms with Gasteiger partial charge in [0.2, 0.25) is 0 Å². The number of nitrogens with one attached hydrogen (secondary N) is 1. The van der Waals surface area contributed by atoms with E-state index >= 15 is 0 Å². The van der Waals surface area contributed by atoms with Crippen molar-refractivity contribution in [1.29, 1.82) is 0 Å². The maximum absolute atomic E-state index is 5.86. The van der Waals surface area contributed by atoms with E-state index in [0.29, 0.717) is 24.3 Å². The fourth-order valence-electron chi connectivity index (χ4n) is 3.75. The van der Waals surface area contributed by atoms with Gasteiger partial charge in [-0.2, -0.15) is 0 Å². The van der Waals surface area contributed by atoms with Crippen LogP contribution in [0, 0.1) is 0 Å². The van der Waals surface area contributed by atoms with Crippen molar-refractivity contribution in [3.05, 3.63) is 35.4 Å². The topological polar surface area (TPSA) is 24.5 Å². The standard InChI is InChI=1S/C16H24N2O/c1-11-9-18(10-12(2)19-11)15-8-13-6-4-5-7-14(13)16(15)17-3/h4-7,11-12,15-17H,8-10H2,1-3H3. The highest BCUT2D eigenvalue weighted by Crippen LogP contribution is 2.35. The molecule has 1 heterocycles. The summed E-state index contributed by atoms with van der Waals surface area (Å²) in [6, 6.07) is 9.86. The Balaban J connectivity index is 1.82. The van der Waals surface area contributed by atoms with Gasteiger partial charge in [-0.05, 0) is 38.4 Å². The number of rotatable bonds is 2. The van der Waals surface area contributed by atoms with Crippen LogP contribution in [-0.2, 0) is 11.2 Å². The maximum Gasteiger partial charge on any atom is 0.0678 e.